The van der Waals surface area contributed by atoms with Crippen molar-refractivity contribution in [2.24, 2.45) is 0 Å². The maximum atomic E-state index is 6.14. The van der Waals surface area contributed by atoms with Crippen LogP contribution < -0.4 is 5.73 Å². The number of rotatable bonds is 4. The van der Waals surface area contributed by atoms with Gasteiger partial charge in [-0.1, -0.05) is 11.6 Å². The number of benzene rings is 1. The molecule has 0 bridgehead atoms. The Bertz CT molecular complexity index is 542. The summed E-state index contributed by atoms with van der Waals surface area (Å²) in [5, 5.41) is 12.1. The van der Waals surface area contributed by atoms with E-state index in [2.05, 4.69) is 15.5 Å². The summed E-state index contributed by atoms with van der Waals surface area (Å²) in [7, 11) is 1.64. The normalized spacial score (nSPS) is 12.6. The van der Waals surface area contributed by atoms with Gasteiger partial charge in [-0.2, -0.15) is 0 Å². The molecule has 2 N–H and O–H groups in total. The van der Waals surface area contributed by atoms with Crippen LogP contribution in [-0.4, -0.2) is 33.4 Å². The van der Waals surface area contributed by atoms with Gasteiger partial charge in [0.2, 0.25) is 0 Å². The zero-order chi connectivity index (χ0) is 13.1. The zero-order valence-corrected chi connectivity index (χ0v) is 10.9. The fourth-order valence-corrected chi connectivity index (χ4v) is 1.82. The molecule has 96 valence electrons. The molecule has 1 aromatic carbocycles. The highest BCUT2D eigenvalue weighted by Gasteiger charge is 2.14. The van der Waals surface area contributed by atoms with Gasteiger partial charge in [-0.25, -0.2) is 4.68 Å². The van der Waals surface area contributed by atoms with E-state index in [4.69, 9.17) is 22.1 Å². The van der Waals surface area contributed by atoms with Gasteiger partial charge < -0.3 is 10.5 Å². The maximum Gasteiger partial charge on any atom is 0.183 e. The number of methoxy groups -OCH3 is 1. The first-order valence-electron chi connectivity index (χ1n) is 5.46. The van der Waals surface area contributed by atoms with Crippen molar-refractivity contribution >= 4 is 17.3 Å². The van der Waals surface area contributed by atoms with Gasteiger partial charge in [0, 0.05) is 18.4 Å². The molecule has 1 atom stereocenters. The van der Waals surface area contributed by atoms with Crippen LogP contribution in [0.15, 0.2) is 18.2 Å². The zero-order valence-electron chi connectivity index (χ0n) is 10.2. The Kier molecular flexibility index (Phi) is 3.78. The molecule has 0 aliphatic heterocycles. The molecule has 0 radical (unpaired) electrons. The van der Waals surface area contributed by atoms with E-state index in [1.165, 1.54) is 0 Å². The summed E-state index contributed by atoms with van der Waals surface area (Å²) in [6, 6.07) is 5.24. The maximum absolute atomic E-state index is 6.14. The molecule has 0 aliphatic rings. The van der Waals surface area contributed by atoms with E-state index < -0.39 is 0 Å². The number of ether oxygens (including phenoxy) is 1. The predicted octanol–water partition coefficient (Wildman–Crippen LogP) is 1.61. The van der Waals surface area contributed by atoms with Gasteiger partial charge in [0.05, 0.1) is 17.7 Å². The van der Waals surface area contributed by atoms with Crippen LogP contribution in [-0.2, 0) is 11.3 Å². The van der Waals surface area contributed by atoms with Crippen molar-refractivity contribution in [1.29, 1.82) is 0 Å². The summed E-state index contributed by atoms with van der Waals surface area (Å²) in [6.45, 7) is 2.50. The number of hydrogen-bond acceptors (Lipinski definition) is 5. The molecule has 2 aromatic rings. The highest BCUT2D eigenvalue weighted by Crippen LogP contribution is 2.27. The smallest absolute Gasteiger partial charge is 0.183 e. The molecule has 7 heteroatoms. The van der Waals surface area contributed by atoms with E-state index >= 15 is 0 Å². The van der Waals surface area contributed by atoms with E-state index in [-0.39, 0.29) is 6.10 Å². The molecule has 0 amide bonds. The summed E-state index contributed by atoms with van der Waals surface area (Å²) in [4.78, 5) is 0. The van der Waals surface area contributed by atoms with Crippen LogP contribution >= 0.6 is 11.6 Å². The van der Waals surface area contributed by atoms with Crippen molar-refractivity contribution in [3.8, 4) is 11.4 Å². The van der Waals surface area contributed by atoms with Gasteiger partial charge in [0.25, 0.3) is 0 Å². The second-order valence-corrected chi connectivity index (χ2v) is 4.38. The number of hydrogen-bond donors (Lipinski definition) is 1. The Morgan fingerprint density at radius 2 is 2.28 bits per heavy atom. The highest BCUT2D eigenvalue weighted by atomic mass is 35.5. The van der Waals surface area contributed by atoms with Gasteiger partial charge in [0.15, 0.2) is 5.82 Å². The second kappa shape index (κ2) is 5.32. The minimum Gasteiger partial charge on any atom is -0.399 e. The van der Waals surface area contributed by atoms with Gasteiger partial charge in [-0.05, 0) is 35.5 Å². The molecule has 1 heterocycles. The minimum absolute atomic E-state index is 0.0137. The van der Waals surface area contributed by atoms with Crippen molar-refractivity contribution in [3.63, 3.8) is 0 Å². The van der Waals surface area contributed by atoms with Gasteiger partial charge in [0.1, 0.15) is 0 Å². The Hall–Kier alpha value is -1.66. The van der Waals surface area contributed by atoms with Crippen LogP contribution in [0.4, 0.5) is 5.69 Å². The summed E-state index contributed by atoms with van der Waals surface area (Å²) in [6.07, 6.45) is 0.0137. The lowest BCUT2D eigenvalue weighted by atomic mass is 10.2. The lowest BCUT2D eigenvalue weighted by Gasteiger charge is -2.11. The van der Waals surface area contributed by atoms with Crippen LogP contribution in [0.3, 0.4) is 0 Å². The fourth-order valence-electron chi connectivity index (χ4n) is 1.55. The largest absolute Gasteiger partial charge is 0.399 e. The van der Waals surface area contributed by atoms with Crippen LogP contribution in [0.1, 0.15) is 6.92 Å². The third kappa shape index (κ3) is 2.60. The lowest BCUT2D eigenvalue weighted by Crippen LogP contribution is -2.16. The van der Waals surface area contributed by atoms with Gasteiger partial charge in [-0.15, -0.1) is 5.10 Å². The van der Waals surface area contributed by atoms with Crippen LogP contribution in [0, 0.1) is 0 Å². The Morgan fingerprint density at radius 1 is 1.50 bits per heavy atom. The number of nitrogen functional groups attached to an aromatic ring is 1. The van der Waals surface area contributed by atoms with Crippen molar-refractivity contribution in [1.82, 2.24) is 20.2 Å². The van der Waals surface area contributed by atoms with Crippen molar-refractivity contribution < 1.29 is 4.74 Å². The molecule has 18 heavy (non-hydrogen) atoms. The van der Waals surface area contributed by atoms with Crippen molar-refractivity contribution in [2.45, 2.75) is 19.6 Å². The minimum atomic E-state index is 0.0137. The van der Waals surface area contributed by atoms with Gasteiger partial charge in [-0.3, -0.25) is 0 Å². The standard InChI is InChI=1S/C11H14ClN5O/c1-7(18-2)6-17-11(14-15-16-17)9-4-3-8(13)5-10(9)12/h3-5,7H,6,13H2,1-2H3. The number of nitrogens with two attached hydrogens (primary N) is 1. The number of aromatic nitrogens is 4. The molecule has 1 unspecified atom stereocenters. The predicted molar refractivity (Wildman–Crippen MR) is 69.1 cm³/mol. The molecule has 0 aliphatic carbocycles. The summed E-state index contributed by atoms with van der Waals surface area (Å²) in [5.41, 5.74) is 7.01. The molecular formula is C11H14ClN5O. The van der Waals surface area contributed by atoms with Crippen LogP contribution in [0.5, 0.6) is 0 Å². The van der Waals surface area contributed by atoms with E-state index in [9.17, 15) is 0 Å². The van der Waals surface area contributed by atoms with Crippen molar-refractivity contribution in [3.05, 3.63) is 23.2 Å². The molecule has 0 saturated carbocycles. The third-order valence-corrected chi connectivity index (χ3v) is 2.91. The van der Waals surface area contributed by atoms with E-state index in [1.54, 1.807) is 30.0 Å². The highest BCUT2D eigenvalue weighted by molar-refractivity contribution is 6.33. The number of tetrazole rings is 1. The summed E-state index contributed by atoms with van der Waals surface area (Å²) < 4.78 is 6.85. The molecular weight excluding hydrogens is 254 g/mol. The first-order chi connectivity index (χ1) is 8.61. The molecule has 0 fully saturated rings. The Balaban J connectivity index is 2.36. The first kappa shape index (κ1) is 12.8. The Labute approximate surface area is 110 Å². The fraction of sp³-hybridized carbons (Fsp3) is 0.364. The van der Waals surface area contributed by atoms with E-state index in [1.807, 2.05) is 6.92 Å². The Morgan fingerprint density at radius 3 is 2.94 bits per heavy atom. The molecule has 6 nitrogen and oxygen atoms in total. The molecule has 0 spiro atoms. The average Bonchev–Trinajstić information content (AvgIpc) is 2.77. The van der Waals surface area contributed by atoms with E-state index in [0.717, 1.165) is 5.56 Å². The number of anilines is 1. The summed E-state index contributed by atoms with van der Waals surface area (Å²) in [5.74, 6) is 0.601. The SMILES string of the molecule is COC(C)Cn1nnnc1-c1ccc(N)cc1Cl. The average molecular weight is 268 g/mol. The molecule has 1 aromatic heterocycles. The quantitative estimate of drug-likeness (QED) is 0.852. The van der Waals surface area contributed by atoms with Crippen molar-refractivity contribution in [2.75, 3.05) is 12.8 Å². The van der Waals surface area contributed by atoms with Gasteiger partial charge >= 0.3 is 0 Å². The topological polar surface area (TPSA) is 78.8 Å². The van der Waals surface area contributed by atoms with Crippen LogP contribution in [0.2, 0.25) is 5.02 Å². The number of nitrogens with zero attached hydrogens (tertiary/aromatic N) is 4. The monoisotopic (exact) mass is 267 g/mol. The molecule has 0 saturated heterocycles. The number of halogens is 1. The lowest BCUT2D eigenvalue weighted by molar-refractivity contribution is 0.0997. The second-order valence-electron chi connectivity index (χ2n) is 3.97. The van der Waals surface area contributed by atoms with E-state index in [0.29, 0.717) is 23.1 Å². The first-order valence-corrected chi connectivity index (χ1v) is 5.84. The summed E-state index contributed by atoms with van der Waals surface area (Å²) >= 11 is 6.14. The third-order valence-electron chi connectivity index (χ3n) is 2.60. The molecule has 2 rings (SSSR count). The van der Waals surface area contributed by atoms with Crippen LogP contribution in [0.25, 0.3) is 11.4 Å².